The molecular weight excluding hydrogens is 373 g/mol. The Labute approximate surface area is 143 Å². The summed E-state index contributed by atoms with van der Waals surface area (Å²) in [4.78, 5) is 0. The first-order chi connectivity index (χ1) is 10.0. The molecule has 0 spiro atoms. The average Bonchev–Trinajstić information content (AvgIpc) is 2.47. The van der Waals surface area contributed by atoms with E-state index in [1.165, 1.54) is 0 Å². The number of ether oxygens (including phenoxy) is 1. The number of hydrogen-bond acceptors (Lipinski definition) is 2. The van der Waals surface area contributed by atoms with Gasteiger partial charge in [-0.15, -0.1) is 0 Å². The maximum atomic E-state index is 6.22. The van der Waals surface area contributed by atoms with Crippen LogP contribution < -0.4 is 10.5 Å². The molecule has 0 saturated heterocycles. The Morgan fingerprint density at radius 2 is 1.95 bits per heavy atom. The molecule has 2 N–H and O–H groups in total. The lowest BCUT2D eigenvalue weighted by molar-refractivity contribution is 0.171. The molecule has 21 heavy (non-hydrogen) atoms. The Hall–Kier alpha value is -0.740. The maximum Gasteiger partial charge on any atom is 0.140 e. The molecule has 2 rings (SSSR count). The van der Waals surface area contributed by atoms with Crippen molar-refractivity contribution in [3.8, 4) is 5.75 Å². The molecule has 0 radical (unpaired) electrons. The molecular formula is C16H16BrCl2NO. The molecule has 0 aliphatic rings. The summed E-state index contributed by atoms with van der Waals surface area (Å²) < 4.78 is 7.04. The topological polar surface area (TPSA) is 35.2 Å². The van der Waals surface area contributed by atoms with Crippen LogP contribution in [0.2, 0.25) is 10.0 Å². The van der Waals surface area contributed by atoms with E-state index in [9.17, 15) is 0 Å². The minimum Gasteiger partial charge on any atom is -0.482 e. The van der Waals surface area contributed by atoms with E-state index in [-0.39, 0.29) is 12.1 Å². The van der Waals surface area contributed by atoms with Crippen molar-refractivity contribution in [1.82, 2.24) is 0 Å². The summed E-state index contributed by atoms with van der Waals surface area (Å²) >= 11 is 15.7. The molecule has 0 aliphatic carbocycles. The van der Waals surface area contributed by atoms with Crippen LogP contribution in [0.15, 0.2) is 46.9 Å². The predicted octanol–water partition coefficient (Wildman–Crippen LogP) is 5.61. The van der Waals surface area contributed by atoms with Crippen LogP contribution in [0.1, 0.15) is 25.0 Å². The van der Waals surface area contributed by atoms with Crippen LogP contribution in [0.25, 0.3) is 0 Å². The summed E-state index contributed by atoms with van der Waals surface area (Å²) in [6.45, 7) is 2.03. The zero-order valence-electron chi connectivity index (χ0n) is 11.5. The fourth-order valence-corrected chi connectivity index (χ4v) is 2.75. The molecule has 2 unspecified atom stereocenters. The number of benzene rings is 2. The SMILES string of the molecule is CCC(N)C(Oc1cc(Cl)ccc1Cl)c1cccc(Br)c1. The lowest BCUT2D eigenvalue weighted by Crippen LogP contribution is -2.31. The first kappa shape index (κ1) is 16.6. The summed E-state index contributed by atoms with van der Waals surface area (Å²) in [6.07, 6.45) is 0.499. The molecule has 2 nitrogen and oxygen atoms in total. The molecule has 0 saturated carbocycles. The fourth-order valence-electron chi connectivity index (χ4n) is 2.00. The van der Waals surface area contributed by atoms with Crippen LogP contribution in [-0.2, 0) is 0 Å². The van der Waals surface area contributed by atoms with Crippen molar-refractivity contribution in [1.29, 1.82) is 0 Å². The van der Waals surface area contributed by atoms with Crippen molar-refractivity contribution in [3.05, 3.63) is 62.5 Å². The second-order valence-corrected chi connectivity index (χ2v) is 6.50. The highest BCUT2D eigenvalue weighted by atomic mass is 79.9. The van der Waals surface area contributed by atoms with E-state index in [4.69, 9.17) is 33.7 Å². The highest BCUT2D eigenvalue weighted by molar-refractivity contribution is 9.10. The van der Waals surface area contributed by atoms with Crippen LogP contribution in [0.4, 0.5) is 0 Å². The highest BCUT2D eigenvalue weighted by Gasteiger charge is 2.22. The van der Waals surface area contributed by atoms with Crippen LogP contribution >= 0.6 is 39.1 Å². The molecule has 0 aliphatic heterocycles. The molecule has 112 valence electrons. The Morgan fingerprint density at radius 3 is 2.62 bits per heavy atom. The summed E-state index contributed by atoms with van der Waals surface area (Å²) in [5, 5.41) is 1.09. The van der Waals surface area contributed by atoms with Crippen molar-refractivity contribution in [3.63, 3.8) is 0 Å². The Kier molecular flexibility index (Phi) is 5.94. The van der Waals surface area contributed by atoms with Crippen LogP contribution in [0, 0.1) is 0 Å². The zero-order chi connectivity index (χ0) is 15.4. The smallest absolute Gasteiger partial charge is 0.140 e. The predicted molar refractivity (Wildman–Crippen MR) is 92.2 cm³/mol. The van der Waals surface area contributed by atoms with Gasteiger partial charge in [0.15, 0.2) is 0 Å². The van der Waals surface area contributed by atoms with E-state index in [2.05, 4.69) is 15.9 Å². The number of nitrogens with two attached hydrogens (primary N) is 1. The van der Waals surface area contributed by atoms with Gasteiger partial charge >= 0.3 is 0 Å². The molecule has 0 heterocycles. The summed E-state index contributed by atoms with van der Waals surface area (Å²) in [6, 6.07) is 12.9. The minimum atomic E-state index is -0.288. The molecule has 2 aromatic rings. The van der Waals surface area contributed by atoms with Gasteiger partial charge in [-0.2, -0.15) is 0 Å². The fraction of sp³-hybridized carbons (Fsp3) is 0.250. The third-order valence-corrected chi connectivity index (χ3v) is 4.23. The molecule has 2 aromatic carbocycles. The lowest BCUT2D eigenvalue weighted by Gasteiger charge is -2.25. The van der Waals surface area contributed by atoms with E-state index in [1.54, 1.807) is 18.2 Å². The van der Waals surface area contributed by atoms with Crippen molar-refractivity contribution in [2.45, 2.75) is 25.5 Å². The maximum absolute atomic E-state index is 6.22. The van der Waals surface area contributed by atoms with Crippen molar-refractivity contribution >= 4 is 39.1 Å². The molecule has 0 aromatic heterocycles. The second kappa shape index (κ2) is 7.50. The van der Waals surface area contributed by atoms with E-state index >= 15 is 0 Å². The third-order valence-electron chi connectivity index (χ3n) is 3.18. The summed E-state index contributed by atoms with van der Waals surface area (Å²) in [7, 11) is 0. The monoisotopic (exact) mass is 387 g/mol. The van der Waals surface area contributed by atoms with Gasteiger partial charge in [0.25, 0.3) is 0 Å². The van der Waals surface area contributed by atoms with E-state index < -0.39 is 0 Å². The van der Waals surface area contributed by atoms with Crippen LogP contribution in [0.5, 0.6) is 5.75 Å². The number of rotatable bonds is 5. The van der Waals surface area contributed by atoms with Gasteiger partial charge in [-0.05, 0) is 36.2 Å². The minimum absolute atomic E-state index is 0.144. The van der Waals surface area contributed by atoms with Crippen molar-refractivity contribution in [2.24, 2.45) is 5.73 Å². The molecule has 0 amide bonds. The van der Waals surface area contributed by atoms with E-state index in [0.29, 0.717) is 15.8 Å². The van der Waals surface area contributed by atoms with Gasteiger partial charge in [0, 0.05) is 21.6 Å². The van der Waals surface area contributed by atoms with E-state index in [0.717, 1.165) is 16.5 Å². The Morgan fingerprint density at radius 1 is 1.19 bits per heavy atom. The second-order valence-electron chi connectivity index (χ2n) is 4.74. The van der Waals surface area contributed by atoms with E-state index in [1.807, 2.05) is 31.2 Å². The van der Waals surface area contributed by atoms with Gasteiger partial charge in [0.1, 0.15) is 11.9 Å². The number of hydrogen-bond donors (Lipinski definition) is 1. The van der Waals surface area contributed by atoms with Gasteiger partial charge in [-0.1, -0.05) is 58.2 Å². The lowest BCUT2D eigenvalue weighted by atomic mass is 10.0. The van der Waals surface area contributed by atoms with Gasteiger partial charge in [-0.3, -0.25) is 0 Å². The highest BCUT2D eigenvalue weighted by Crippen LogP contribution is 2.33. The average molecular weight is 389 g/mol. The molecule has 5 heteroatoms. The van der Waals surface area contributed by atoms with Gasteiger partial charge < -0.3 is 10.5 Å². The zero-order valence-corrected chi connectivity index (χ0v) is 14.6. The molecule has 0 fully saturated rings. The number of halogens is 3. The van der Waals surface area contributed by atoms with Crippen LogP contribution in [0.3, 0.4) is 0 Å². The molecule has 2 atom stereocenters. The van der Waals surface area contributed by atoms with Crippen LogP contribution in [-0.4, -0.2) is 6.04 Å². The van der Waals surface area contributed by atoms with Gasteiger partial charge in [-0.25, -0.2) is 0 Å². The molecule has 0 bridgehead atoms. The standard InChI is InChI=1S/C16H16BrCl2NO/c1-2-14(20)16(10-4-3-5-11(17)8-10)21-15-9-12(18)6-7-13(15)19/h3-9,14,16H,2,20H2,1H3. The first-order valence-corrected chi connectivity index (χ1v) is 8.19. The first-order valence-electron chi connectivity index (χ1n) is 6.64. The Balaban J connectivity index is 2.35. The summed E-state index contributed by atoms with van der Waals surface area (Å²) in [5.74, 6) is 0.540. The van der Waals surface area contributed by atoms with Gasteiger partial charge in [0.05, 0.1) is 5.02 Å². The Bertz CT molecular complexity index is 621. The quantitative estimate of drug-likeness (QED) is 0.721. The largest absolute Gasteiger partial charge is 0.482 e. The summed E-state index contributed by atoms with van der Waals surface area (Å²) in [5.41, 5.74) is 7.21. The normalized spacial score (nSPS) is 13.8. The van der Waals surface area contributed by atoms with Crippen molar-refractivity contribution in [2.75, 3.05) is 0 Å². The third kappa shape index (κ3) is 4.36. The van der Waals surface area contributed by atoms with Gasteiger partial charge in [0.2, 0.25) is 0 Å². The van der Waals surface area contributed by atoms with Crippen molar-refractivity contribution < 1.29 is 4.74 Å².